The molecule has 1 aromatic carbocycles. The van der Waals surface area contributed by atoms with Crippen LogP contribution in [0.25, 0.3) is 0 Å². The number of carbonyl (C=O) groups excluding carboxylic acids is 1. The lowest BCUT2D eigenvalue weighted by Crippen LogP contribution is -2.46. The van der Waals surface area contributed by atoms with Crippen molar-refractivity contribution in [3.63, 3.8) is 0 Å². The molecule has 92 valence electrons. The van der Waals surface area contributed by atoms with Crippen molar-refractivity contribution in [2.45, 2.75) is 25.0 Å². The van der Waals surface area contributed by atoms with Gasteiger partial charge in [0.2, 0.25) is 0 Å². The third-order valence-corrected chi connectivity index (χ3v) is 3.07. The largest absolute Gasteiger partial charge is 0.393 e. The predicted octanol–water partition coefficient (Wildman–Crippen LogP) is 1.01. The van der Waals surface area contributed by atoms with Crippen LogP contribution in [-0.2, 0) is 0 Å². The fraction of sp³-hybridized carbons (Fsp3) is 0.462. The smallest absolute Gasteiger partial charge is 0.251 e. The highest BCUT2D eigenvalue weighted by Gasteiger charge is 2.28. The molecular weight excluding hydrogens is 216 g/mol. The van der Waals surface area contributed by atoms with Crippen LogP contribution >= 0.6 is 0 Å². The third-order valence-electron chi connectivity index (χ3n) is 3.07. The number of aliphatic hydroxyl groups is 1. The zero-order valence-electron chi connectivity index (χ0n) is 10.2. The van der Waals surface area contributed by atoms with Gasteiger partial charge >= 0.3 is 0 Å². The van der Waals surface area contributed by atoms with E-state index in [-0.39, 0.29) is 18.1 Å². The SMILES string of the molecule is CN(C)c1cccc(C(=O)NC2CC(O)C2)c1. The maximum atomic E-state index is 11.9. The Morgan fingerprint density at radius 3 is 2.71 bits per heavy atom. The van der Waals surface area contributed by atoms with Gasteiger partial charge in [0.1, 0.15) is 0 Å². The average molecular weight is 234 g/mol. The molecule has 4 nitrogen and oxygen atoms in total. The van der Waals surface area contributed by atoms with Gasteiger partial charge in [-0.3, -0.25) is 4.79 Å². The highest BCUT2D eigenvalue weighted by Crippen LogP contribution is 2.20. The van der Waals surface area contributed by atoms with Crippen LogP contribution in [0.2, 0.25) is 0 Å². The molecule has 1 aromatic rings. The van der Waals surface area contributed by atoms with E-state index in [1.807, 2.05) is 37.2 Å². The van der Waals surface area contributed by atoms with Crippen LogP contribution in [0.4, 0.5) is 5.69 Å². The third kappa shape index (κ3) is 2.77. The number of amides is 1. The second-order valence-electron chi connectivity index (χ2n) is 4.74. The first-order valence-electron chi connectivity index (χ1n) is 5.82. The summed E-state index contributed by atoms with van der Waals surface area (Å²) in [6.45, 7) is 0. The van der Waals surface area contributed by atoms with E-state index in [4.69, 9.17) is 5.11 Å². The number of carbonyl (C=O) groups is 1. The van der Waals surface area contributed by atoms with Gasteiger partial charge in [0.05, 0.1) is 6.10 Å². The Bertz CT molecular complexity index is 412. The van der Waals surface area contributed by atoms with Crippen molar-refractivity contribution in [1.82, 2.24) is 5.32 Å². The second kappa shape index (κ2) is 4.75. The van der Waals surface area contributed by atoms with Crippen LogP contribution in [0, 0.1) is 0 Å². The number of hydrogen-bond donors (Lipinski definition) is 2. The minimum absolute atomic E-state index is 0.0643. The first kappa shape index (κ1) is 11.9. The van der Waals surface area contributed by atoms with E-state index in [2.05, 4.69) is 5.32 Å². The van der Waals surface area contributed by atoms with Gasteiger partial charge in [0.25, 0.3) is 5.91 Å². The number of benzene rings is 1. The molecule has 0 atom stereocenters. The fourth-order valence-electron chi connectivity index (χ4n) is 1.90. The maximum absolute atomic E-state index is 11.9. The molecule has 0 aliphatic heterocycles. The molecule has 2 N–H and O–H groups in total. The van der Waals surface area contributed by atoms with E-state index >= 15 is 0 Å². The van der Waals surface area contributed by atoms with Crippen LogP contribution in [0.5, 0.6) is 0 Å². The van der Waals surface area contributed by atoms with Crippen LogP contribution in [0.1, 0.15) is 23.2 Å². The molecule has 0 spiro atoms. The molecule has 0 saturated heterocycles. The van der Waals surface area contributed by atoms with E-state index in [0.717, 1.165) is 5.69 Å². The second-order valence-corrected chi connectivity index (χ2v) is 4.74. The van der Waals surface area contributed by atoms with Crippen LogP contribution in [-0.4, -0.2) is 37.3 Å². The zero-order valence-corrected chi connectivity index (χ0v) is 10.2. The number of hydrogen-bond acceptors (Lipinski definition) is 3. The average Bonchev–Trinajstić information content (AvgIpc) is 2.27. The number of rotatable bonds is 3. The van der Waals surface area contributed by atoms with Crippen LogP contribution in [0.3, 0.4) is 0 Å². The highest BCUT2D eigenvalue weighted by molar-refractivity contribution is 5.95. The number of nitrogens with zero attached hydrogens (tertiary/aromatic N) is 1. The maximum Gasteiger partial charge on any atom is 0.251 e. The molecule has 0 bridgehead atoms. The summed E-state index contributed by atoms with van der Waals surface area (Å²) in [5.41, 5.74) is 1.67. The van der Waals surface area contributed by atoms with Crippen LogP contribution in [0.15, 0.2) is 24.3 Å². The standard InChI is InChI=1S/C13H18N2O2/c1-15(2)11-5-3-4-9(6-11)13(17)14-10-7-12(16)8-10/h3-6,10,12,16H,7-8H2,1-2H3,(H,14,17). The van der Waals surface area contributed by atoms with Crippen molar-refractivity contribution in [3.05, 3.63) is 29.8 Å². The van der Waals surface area contributed by atoms with Gasteiger partial charge in [-0.25, -0.2) is 0 Å². The minimum Gasteiger partial charge on any atom is -0.393 e. The highest BCUT2D eigenvalue weighted by atomic mass is 16.3. The van der Waals surface area contributed by atoms with Gasteiger partial charge < -0.3 is 15.3 Å². The molecule has 1 saturated carbocycles. The minimum atomic E-state index is -0.242. The quantitative estimate of drug-likeness (QED) is 0.820. The van der Waals surface area contributed by atoms with Gasteiger partial charge in [-0.1, -0.05) is 6.07 Å². The zero-order chi connectivity index (χ0) is 12.4. The van der Waals surface area contributed by atoms with Gasteiger partial charge in [-0.2, -0.15) is 0 Å². The Morgan fingerprint density at radius 2 is 2.12 bits per heavy atom. The summed E-state index contributed by atoms with van der Waals surface area (Å²) >= 11 is 0. The summed E-state index contributed by atoms with van der Waals surface area (Å²) in [4.78, 5) is 13.9. The molecule has 1 aliphatic carbocycles. The molecular formula is C13H18N2O2. The normalized spacial score (nSPS) is 22.8. The molecule has 17 heavy (non-hydrogen) atoms. The molecule has 2 rings (SSSR count). The summed E-state index contributed by atoms with van der Waals surface area (Å²) < 4.78 is 0. The van der Waals surface area contributed by atoms with Crippen molar-refractivity contribution in [2.24, 2.45) is 0 Å². The molecule has 0 aromatic heterocycles. The van der Waals surface area contributed by atoms with E-state index in [1.165, 1.54) is 0 Å². The number of aliphatic hydroxyl groups excluding tert-OH is 1. The van der Waals surface area contributed by atoms with Gasteiger partial charge in [0.15, 0.2) is 0 Å². The van der Waals surface area contributed by atoms with Crippen LogP contribution < -0.4 is 10.2 Å². The summed E-state index contributed by atoms with van der Waals surface area (Å²) in [6.07, 6.45) is 1.09. The lowest BCUT2D eigenvalue weighted by molar-refractivity contribution is 0.0562. The topological polar surface area (TPSA) is 52.6 Å². The lowest BCUT2D eigenvalue weighted by Gasteiger charge is -2.32. The Kier molecular flexibility index (Phi) is 3.33. The molecule has 1 aliphatic rings. The van der Waals surface area contributed by atoms with E-state index in [1.54, 1.807) is 6.07 Å². The molecule has 1 fully saturated rings. The van der Waals surface area contributed by atoms with E-state index < -0.39 is 0 Å². The van der Waals surface area contributed by atoms with E-state index in [9.17, 15) is 4.79 Å². The summed E-state index contributed by atoms with van der Waals surface area (Å²) in [6, 6.07) is 7.63. The van der Waals surface area contributed by atoms with E-state index in [0.29, 0.717) is 18.4 Å². The Balaban J connectivity index is 2.01. The van der Waals surface area contributed by atoms with Crippen molar-refractivity contribution < 1.29 is 9.90 Å². The van der Waals surface area contributed by atoms with Crippen molar-refractivity contribution >= 4 is 11.6 Å². The molecule has 4 heteroatoms. The monoisotopic (exact) mass is 234 g/mol. The lowest BCUT2D eigenvalue weighted by atomic mass is 9.89. The fourth-order valence-corrected chi connectivity index (χ4v) is 1.90. The van der Waals surface area contributed by atoms with Crippen molar-refractivity contribution in [3.8, 4) is 0 Å². The summed E-state index contributed by atoms with van der Waals surface area (Å²) in [5, 5.41) is 12.1. The molecule has 0 unspecified atom stereocenters. The molecule has 0 radical (unpaired) electrons. The molecule has 1 amide bonds. The van der Waals surface area contributed by atoms with Gasteiger partial charge in [0, 0.05) is 31.4 Å². The first-order chi connectivity index (χ1) is 8.06. The first-order valence-corrected chi connectivity index (χ1v) is 5.82. The number of nitrogens with one attached hydrogen (secondary N) is 1. The Labute approximate surface area is 101 Å². The van der Waals surface area contributed by atoms with Crippen molar-refractivity contribution in [1.29, 1.82) is 0 Å². The number of anilines is 1. The summed E-state index contributed by atoms with van der Waals surface area (Å²) in [7, 11) is 3.89. The Morgan fingerprint density at radius 1 is 1.41 bits per heavy atom. The van der Waals surface area contributed by atoms with Crippen molar-refractivity contribution in [2.75, 3.05) is 19.0 Å². The van der Waals surface area contributed by atoms with Gasteiger partial charge in [-0.05, 0) is 31.0 Å². The molecule has 0 heterocycles. The summed E-state index contributed by atoms with van der Waals surface area (Å²) in [5.74, 6) is -0.0643. The van der Waals surface area contributed by atoms with Gasteiger partial charge in [-0.15, -0.1) is 0 Å². The predicted molar refractivity (Wildman–Crippen MR) is 67.3 cm³/mol. The Hall–Kier alpha value is -1.55.